The van der Waals surface area contributed by atoms with Crippen LogP contribution < -0.4 is 10.1 Å². The highest BCUT2D eigenvalue weighted by Crippen LogP contribution is 2.22. The Morgan fingerprint density at radius 1 is 1.30 bits per heavy atom. The quantitative estimate of drug-likeness (QED) is 0.916. The van der Waals surface area contributed by atoms with Crippen molar-refractivity contribution in [3.63, 3.8) is 0 Å². The van der Waals surface area contributed by atoms with E-state index in [1.54, 1.807) is 13.8 Å². The van der Waals surface area contributed by atoms with Crippen LogP contribution in [-0.4, -0.2) is 42.5 Å². The van der Waals surface area contributed by atoms with Crippen molar-refractivity contribution in [1.82, 2.24) is 10.2 Å². The minimum absolute atomic E-state index is 0.105. The van der Waals surface area contributed by atoms with E-state index in [-0.39, 0.29) is 29.9 Å². The predicted octanol–water partition coefficient (Wildman–Crippen LogP) is 1.72. The van der Waals surface area contributed by atoms with Crippen LogP contribution in [0.3, 0.4) is 0 Å². The van der Waals surface area contributed by atoms with Crippen molar-refractivity contribution in [1.29, 1.82) is 0 Å². The van der Waals surface area contributed by atoms with Gasteiger partial charge >= 0.3 is 0 Å². The van der Waals surface area contributed by atoms with E-state index in [1.807, 2.05) is 0 Å². The van der Waals surface area contributed by atoms with Gasteiger partial charge in [0.2, 0.25) is 5.91 Å². The molecule has 1 heterocycles. The van der Waals surface area contributed by atoms with Gasteiger partial charge < -0.3 is 15.0 Å². The average molecular weight is 326 g/mol. The zero-order chi connectivity index (χ0) is 17.0. The number of hydrogen-bond donors (Lipinski definition) is 1. The lowest BCUT2D eigenvalue weighted by atomic mass is 10.1. The van der Waals surface area contributed by atoms with E-state index in [2.05, 4.69) is 5.32 Å². The van der Waals surface area contributed by atoms with Gasteiger partial charge in [0.25, 0.3) is 5.91 Å². The van der Waals surface area contributed by atoms with Crippen molar-refractivity contribution in [2.75, 3.05) is 19.6 Å². The molecule has 0 bridgehead atoms. The molecule has 0 aliphatic carbocycles. The number of nitrogens with zero attached hydrogens (tertiary/aromatic N) is 1. The molecule has 2 amide bonds. The summed E-state index contributed by atoms with van der Waals surface area (Å²) in [6.45, 7) is 4.61. The Morgan fingerprint density at radius 2 is 2.04 bits per heavy atom. The number of carbonyl (C=O) groups is 2. The number of hydrogen-bond acceptors (Lipinski definition) is 3. The Bertz CT molecular complexity index is 593. The van der Waals surface area contributed by atoms with Crippen LogP contribution in [0.1, 0.15) is 20.3 Å². The molecule has 1 aliphatic rings. The SMILES string of the molecule is CC(C)[C@H](Oc1ccc(F)cc1F)C(=O)N1CCNC(=O)CC1. The zero-order valence-corrected chi connectivity index (χ0v) is 13.1. The number of nitrogens with one attached hydrogen (secondary N) is 1. The maximum absolute atomic E-state index is 13.8. The van der Waals surface area contributed by atoms with Crippen molar-refractivity contribution in [2.24, 2.45) is 5.92 Å². The van der Waals surface area contributed by atoms with E-state index in [0.717, 1.165) is 6.07 Å². The molecular weight excluding hydrogens is 306 g/mol. The molecule has 1 fully saturated rings. The van der Waals surface area contributed by atoms with Crippen molar-refractivity contribution >= 4 is 11.8 Å². The van der Waals surface area contributed by atoms with Gasteiger partial charge in [-0.1, -0.05) is 13.8 Å². The first kappa shape index (κ1) is 17.2. The van der Waals surface area contributed by atoms with Crippen LogP contribution in [0.25, 0.3) is 0 Å². The van der Waals surface area contributed by atoms with Gasteiger partial charge in [-0.25, -0.2) is 8.78 Å². The number of ether oxygens (including phenoxy) is 1. The molecule has 0 unspecified atom stereocenters. The number of amides is 2. The smallest absolute Gasteiger partial charge is 0.263 e. The molecule has 1 N–H and O–H groups in total. The highest BCUT2D eigenvalue weighted by molar-refractivity contribution is 5.83. The van der Waals surface area contributed by atoms with E-state index in [4.69, 9.17) is 4.74 Å². The van der Waals surface area contributed by atoms with Crippen LogP contribution in [0.5, 0.6) is 5.75 Å². The molecule has 1 atom stereocenters. The zero-order valence-electron chi connectivity index (χ0n) is 13.1. The third-order valence-corrected chi connectivity index (χ3v) is 3.62. The number of carbonyl (C=O) groups excluding carboxylic acids is 2. The minimum Gasteiger partial charge on any atom is -0.477 e. The van der Waals surface area contributed by atoms with Gasteiger partial charge in [0.05, 0.1) is 0 Å². The van der Waals surface area contributed by atoms with Gasteiger partial charge in [-0.3, -0.25) is 9.59 Å². The molecule has 0 aromatic heterocycles. The summed E-state index contributed by atoms with van der Waals surface area (Å²) in [5.74, 6) is -2.34. The highest BCUT2D eigenvalue weighted by Gasteiger charge is 2.30. The Kier molecular flexibility index (Phi) is 5.52. The molecule has 0 spiro atoms. The van der Waals surface area contributed by atoms with Crippen LogP contribution >= 0.6 is 0 Å². The number of halogens is 2. The second-order valence-electron chi connectivity index (χ2n) is 5.78. The van der Waals surface area contributed by atoms with Gasteiger partial charge in [-0.15, -0.1) is 0 Å². The van der Waals surface area contributed by atoms with Gasteiger partial charge in [-0.2, -0.15) is 0 Å². The second kappa shape index (κ2) is 7.39. The van der Waals surface area contributed by atoms with Crippen molar-refractivity contribution in [2.45, 2.75) is 26.4 Å². The molecule has 23 heavy (non-hydrogen) atoms. The number of benzene rings is 1. The first-order valence-electron chi connectivity index (χ1n) is 7.55. The van der Waals surface area contributed by atoms with E-state index in [9.17, 15) is 18.4 Å². The third-order valence-electron chi connectivity index (χ3n) is 3.62. The predicted molar refractivity (Wildman–Crippen MR) is 79.8 cm³/mol. The third kappa shape index (κ3) is 4.40. The fraction of sp³-hybridized carbons (Fsp3) is 0.500. The first-order valence-corrected chi connectivity index (χ1v) is 7.55. The highest BCUT2D eigenvalue weighted by atomic mass is 19.1. The van der Waals surface area contributed by atoms with E-state index in [1.165, 1.54) is 11.0 Å². The molecule has 7 heteroatoms. The molecule has 2 rings (SSSR count). The van der Waals surface area contributed by atoms with Crippen molar-refractivity contribution in [3.05, 3.63) is 29.8 Å². The van der Waals surface area contributed by atoms with Crippen LogP contribution in [-0.2, 0) is 9.59 Å². The molecule has 1 saturated heterocycles. The molecule has 0 radical (unpaired) electrons. The minimum atomic E-state index is -0.900. The van der Waals surface area contributed by atoms with E-state index < -0.39 is 17.7 Å². The fourth-order valence-electron chi connectivity index (χ4n) is 2.35. The van der Waals surface area contributed by atoms with Crippen molar-refractivity contribution in [3.8, 4) is 5.75 Å². The van der Waals surface area contributed by atoms with Gasteiger partial charge in [-0.05, 0) is 18.1 Å². The molecule has 0 saturated carbocycles. The summed E-state index contributed by atoms with van der Waals surface area (Å²) in [5, 5.41) is 2.69. The van der Waals surface area contributed by atoms with Crippen LogP contribution in [0, 0.1) is 17.6 Å². The lowest BCUT2D eigenvalue weighted by molar-refractivity contribution is -0.140. The maximum atomic E-state index is 13.8. The maximum Gasteiger partial charge on any atom is 0.263 e. The molecule has 126 valence electrons. The first-order chi connectivity index (χ1) is 10.9. The van der Waals surface area contributed by atoms with Gasteiger partial charge in [0, 0.05) is 32.1 Å². The summed E-state index contributed by atoms with van der Waals surface area (Å²) >= 11 is 0. The second-order valence-corrected chi connectivity index (χ2v) is 5.78. The topological polar surface area (TPSA) is 58.6 Å². The Hall–Kier alpha value is -2.18. The van der Waals surface area contributed by atoms with Gasteiger partial charge in [0.1, 0.15) is 5.82 Å². The lowest BCUT2D eigenvalue weighted by Crippen LogP contribution is -2.46. The molecule has 1 aromatic carbocycles. The van der Waals surface area contributed by atoms with Crippen LogP contribution in [0.15, 0.2) is 18.2 Å². The standard InChI is InChI=1S/C16H20F2N2O3/c1-10(2)15(23-13-4-3-11(17)9-12(13)18)16(22)20-7-5-14(21)19-6-8-20/h3-4,9-10,15H,5-8H2,1-2H3,(H,19,21)/t15-/m0/s1. The summed E-state index contributed by atoms with van der Waals surface area (Å²) in [5.41, 5.74) is 0. The molecule has 1 aliphatic heterocycles. The Balaban J connectivity index is 2.13. The fourth-order valence-corrected chi connectivity index (χ4v) is 2.35. The monoisotopic (exact) mass is 326 g/mol. The van der Waals surface area contributed by atoms with Crippen LogP contribution in [0.4, 0.5) is 8.78 Å². The molecule has 1 aromatic rings. The number of rotatable bonds is 4. The van der Waals surface area contributed by atoms with E-state index >= 15 is 0 Å². The molecule has 5 nitrogen and oxygen atoms in total. The summed E-state index contributed by atoms with van der Waals surface area (Å²) in [6, 6.07) is 2.96. The normalized spacial score (nSPS) is 16.7. The Labute approximate surface area is 133 Å². The molecular formula is C16H20F2N2O3. The van der Waals surface area contributed by atoms with Crippen LogP contribution in [0.2, 0.25) is 0 Å². The van der Waals surface area contributed by atoms with Crippen molar-refractivity contribution < 1.29 is 23.1 Å². The van der Waals surface area contributed by atoms with Gasteiger partial charge in [0.15, 0.2) is 17.7 Å². The lowest BCUT2D eigenvalue weighted by Gasteiger charge is -2.28. The van der Waals surface area contributed by atoms with E-state index in [0.29, 0.717) is 25.7 Å². The summed E-state index contributed by atoms with van der Waals surface area (Å²) in [7, 11) is 0. The summed E-state index contributed by atoms with van der Waals surface area (Å²) in [4.78, 5) is 25.5. The summed E-state index contributed by atoms with van der Waals surface area (Å²) < 4.78 is 32.2. The summed E-state index contributed by atoms with van der Waals surface area (Å²) in [6.07, 6.45) is -0.676. The largest absolute Gasteiger partial charge is 0.477 e. The Morgan fingerprint density at radius 3 is 2.70 bits per heavy atom. The average Bonchev–Trinajstić information content (AvgIpc) is 2.70.